The number of aromatic nitrogens is 2. The molecule has 0 bridgehead atoms. The summed E-state index contributed by atoms with van der Waals surface area (Å²) in [5, 5.41) is 2.96. The summed E-state index contributed by atoms with van der Waals surface area (Å²) in [6.07, 6.45) is 2.62. The van der Waals surface area contributed by atoms with E-state index in [0.717, 1.165) is 54.4 Å². The Hall–Kier alpha value is -3.19. The molecule has 0 saturated heterocycles. The lowest BCUT2D eigenvalue weighted by Crippen LogP contribution is -2.31. The van der Waals surface area contributed by atoms with E-state index in [1.54, 1.807) is 32.4 Å². The minimum Gasteiger partial charge on any atom is -0.493 e. The molecule has 6 nitrogen and oxygen atoms in total. The molecule has 0 radical (unpaired) electrons. The zero-order valence-electron chi connectivity index (χ0n) is 16.5. The highest BCUT2D eigenvalue weighted by Crippen LogP contribution is 2.32. The third-order valence-corrected chi connectivity index (χ3v) is 5.01. The number of methoxy groups -OCH3 is 2. The highest BCUT2D eigenvalue weighted by atomic mass is 19.1. The van der Waals surface area contributed by atoms with Crippen molar-refractivity contribution in [2.45, 2.75) is 19.5 Å². The van der Waals surface area contributed by atoms with Crippen LogP contribution in [-0.2, 0) is 19.5 Å². The summed E-state index contributed by atoms with van der Waals surface area (Å²) in [6.45, 7) is 2.36. The number of anilines is 2. The van der Waals surface area contributed by atoms with Gasteiger partial charge in [-0.05, 0) is 18.2 Å². The maximum atomic E-state index is 13.8. The molecule has 0 saturated carbocycles. The van der Waals surface area contributed by atoms with Crippen LogP contribution in [0.4, 0.5) is 16.0 Å². The van der Waals surface area contributed by atoms with E-state index in [2.05, 4.69) is 26.3 Å². The molecule has 1 aliphatic heterocycles. The Morgan fingerprint density at radius 2 is 1.97 bits per heavy atom. The maximum Gasteiger partial charge on any atom is 0.227 e. The Morgan fingerprint density at radius 1 is 1.10 bits per heavy atom. The van der Waals surface area contributed by atoms with Crippen molar-refractivity contribution < 1.29 is 13.9 Å². The summed E-state index contributed by atoms with van der Waals surface area (Å²) >= 11 is 0. The van der Waals surface area contributed by atoms with Gasteiger partial charge in [0.2, 0.25) is 5.95 Å². The van der Waals surface area contributed by atoms with Crippen LogP contribution in [0, 0.1) is 5.82 Å². The number of hydrogen-bond acceptors (Lipinski definition) is 6. The van der Waals surface area contributed by atoms with Crippen LogP contribution in [0.3, 0.4) is 0 Å². The lowest BCUT2D eigenvalue weighted by molar-refractivity contribution is 0.238. The largest absolute Gasteiger partial charge is 0.493 e. The molecule has 150 valence electrons. The molecule has 29 heavy (non-hydrogen) atoms. The average Bonchev–Trinajstić information content (AvgIpc) is 2.75. The molecule has 0 spiro atoms. The van der Waals surface area contributed by atoms with Crippen molar-refractivity contribution in [3.63, 3.8) is 0 Å². The topological polar surface area (TPSA) is 59.5 Å². The van der Waals surface area contributed by atoms with Gasteiger partial charge in [0.05, 0.1) is 25.6 Å². The Labute approximate surface area is 169 Å². The molecule has 2 aromatic carbocycles. The zero-order chi connectivity index (χ0) is 20.2. The molecule has 4 rings (SSSR count). The fourth-order valence-electron chi connectivity index (χ4n) is 3.57. The van der Waals surface area contributed by atoms with E-state index in [0.29, 0.717) is 11.6 Å². The van der Waals surface area contributed by atoms with Gasteiger partial charge in [0.15, 0.2) is 11.5 Å². The van der Waals surface area contributed by atoms with Crippen molar-refractivity contribution in [2.24, 2.45) is 0 Å². The minimum atomic E-state index is -0.327. The quantitative estimate of drug-likeness (QED) is 0.684. The van der Waals surface area contributed by atoms with E-state index in [9.17, 15) is 4.39 Å². The summed E-state index contributed by atoms with van der Waals surface area (Å²) in [5.74, 6) is 1.58. The lowest BCUT2D eigenvalue weighted by atomic mass is 10.1. The Morgan fingerprint density at radius 3 is 2.76 bits per heavy atom. The fraction of sp³-hybridized carbons (Fsp3) is 0.273. The smallest absolute Gasteiger partial charge is 0.227 e. The van der Waals surface area contributed by atoms with Crippen LogP contribution in [0.2, 0.25) is 0 Å². The van der Waals surface area contributed by atoms with Gasteiger partial charge in [-0.2, -0.15) is 0 Å². The van der Waals surface area contributed by atoms with E-state index in [4.69, 9.17) is 9.47 Å². The molecular formula is C22H23FN4O2. The molecular weight excluding hydrogens is 371 g/mol. The van der Waals surface area contributed by atoms with Crippen molar-refractivity contribution in [2.75, 3.05) is 26.1 Å². The standard InChI is InChI=1S/C22H23FN4O2/c1-28-20-9-5-6-15(21(20)29-2)13-27-11-10-18-16(14-27)12-24-22(25-18)26-19-8-4-3-7-17(19)23/h3-9,12H,10-11,13-14H2,1-2H3,(H,24,25,26). The van der Waals surface area contributed by atoms with Crippen LogP contribution in [-0.4, -0.2) is 35.6 Å². The molecule has 0 fully saturated rings. The molecule has 1 aromatic heterocycles. The molecule has 7 heteroatoms. The summed E-state index contributed by atoms with van der Waals surface area (Å²) in [4.78, 5) is 11.3. The SMILES string of the molecule is COc1cccc(CN2CCc3nc(Nc4ccccc4F)ncc3C2)c1OC. The summed E-state index contributed by atoms with van der Waals surface area (Å²) in [5.41, 5.74) is 3.52. The lowest BCUT2D eigenvalue weighted by Gasteiger charge is -2.28. The number of para-hydroxylation sites is 2. The van der Waals surface area contributed by atoms with Crippen LogP contribution >= 0.6 is 0 Å². The van der Waals surface area contributed by atoms with Gasteiger partial charge in [0.1, 0.15) is 5.82 Å². The van der Waals surface area contributed by atoms with Gasteiger partial charge >= 0.3 is 0 Å². The van der Waals surface area contributed by atoms with E-state index in [-0.39, 0.29) is 5.82 Å². The molecule has 1 aliphatic rings. The van der Waals surface area contributed by atoms with Gasteiger partial charge in [-0.25, -0.2) is 14.4 Å². The first-order valence-electron chi connectivity index (χ1n) is 9.46. The van der Waals surface area contributed by atoms with Gasteiger partial charge in [0.25, 0.3) is 0 Å². The van der Waals surface area contributed by atoms with Crippen molar-refractivity contribution in [1.82, 2.24) is 14.9 Å². The second-order valence-electron chi connectivity index (χ2n) is 6.88. The van der Waals surface area contributed by atoms with Crippen LogP contribution in [0.15, 0.2) is 48.7 Å². The average molecular weight is 394 g/mol. The van der Waals surface area contributed by atoms with Gasteiger partial charge in [-0.1, -0.05) is 24.3 Å². The van der Waals surface area contributed by atoms with E-state index >= 15 is 0 Å². The van der Waals surface area contributed by atoms with Crippen LogP contribution in [0.1, 0.15) is 16.8 Å². The molecule has 0 atom stereocenters. The number of nitrogens with one attached hydrogen (secondary N) is 1. The Kier molecular flexibility index (Phi) is 5.57. The van der Waals surface area contributed by atoms with Gasteiger partial charge in [-0.3, -0.25) is 4.90 Å². The third kappa shape index (κ3) is 4.14. The molecule has 3 aromatic rings. The normalized spacial score (nSPS) is 13.6. The van der Waals surface area contributed by atoms with Crippen LogP contribution in [0.25, 0.3) is 0 Å². The predicted molar refractivity (Wildman–Crippen MR) is 109 cm³/mol. The molecule has 1 N–H and O–H groups in total. The minimum absolute atomic E-state index is 0.327. The number of rotatable bonds is 6. The predicted octanol–water partition coefficient (Wildman–Crippen LogP) is 3.93. The zero-order valence-corrected chi connectivity index (χ0v) is 16.5. The number of ether oxygens (including phenoxy) is 2. The monoisotopic (exact) mass is 394 g/mol. The molecule has 2 heterocycles. The van der Waals surface area contributed by atoms with E-state index < -0.39 is 0 Å². The number of benzene rings is 2. The Balaban J connectivity index is 1.48. The summed E-state index contributed by atoms with van der Waals surface area (Å²) < 4.78 is 24.8. The van der Waals surface area contributed by atoms with Crippen LogP contribution < -0.4 is 14.8 Å². The molecule has 0 amide bonds. The van der Waals surface area contributed by atoms with Gasteiger partial charge in [-0.15, -0.1) is 0 Å². The third-order valence-electron chi connectivity index (χ3n) is 5.01. The fourth-order valence-corrected chi connectivity index (χ4v) is 3.57. The number of fused-ring (bicyclic) bond motifs is 1. The maximum absolute atomic E-state index is 13.8. The van der Waals surface area contributed by atoms with E-state index in [1.165, 1.54) is 6.07 Å². The second kappa shape index (κ2) is 8.45. The van der Waals surface area contributed by atoms with Crippen molar-refractivity contribution in [3.05, 3.63) is 71.3 Å². The van der Waals surface area contributed by atoms with Gasteiger partial charge < -0.3 is 14.8 Å². The highest BCUT2D eigenvalue weighted by Gasteiger charge is 2.21. The number of hydrogen-bond donors (Lipinski definition) is 1. The second-order valence-corrected chi connectivity index (χ2v) is 6.88. The first-order chi connectivity index (χ1) is 14.2. The van der Waals surface area contributed by atoms with Crippen molar-refractivity contribution in [3.8, 4) is 11.5 Å². The van der Waals surface area contributed by atoms with Gasteiger partial charge in [0, 0.05) is 43.4 Å². The Bertz CT molecular complexity index is 1010. The highest BCUT2D eigenvalue weighted by molar-refractivity contribution is 5.54. The van der Waals surface area contributed by atoms with Crippen molar-refractivity contribution >= 4 is 11.6 Å². The summed E-state index contributed by atoms with van der Waals surface area (Å²) in [6, 6.07) is 12.4. The van der Waals surface area contributed by atoms with Crippen molar-refractivity contribution in [1.29, 1.82) is 0 Å². The molecule has 0 unspecified atom stereocenters. The summed E-state index contributed by atoms with van der Waals surface area (Å²) in [7, 11) is 3.30. The van der Waals surface area contributed by atoms with E-state index in [1.807, 2.05) is 18.3 Å². The first-order valence-corrected chi connectivity index (χ1v) is 9.46. The number of nitrogens with zero attached hydrogens (tertiary/aromatic N) is 3. The molecule has 0 aliphatic carbocycles. The first kappa shape index (κ1) is 19.1. The van der Waals surface area contributed by atoms with Crippen LogP contribution in [0.5, 0.6) is 11.5 Å². The number of halogens is 1.